The number of benzene rings is 1. The van der Waals surface area contributed by atoms with Gasteiger partial charge in [-0.2, -0.15) is 0 Å². The maximum absolute atomic E-state index is 13.3. The van der Waals surface area contributed by atoms with E-state index in [1.807, 2.05) is 17.2 Å². The quantitative estimate of drug-likeness (QED) is 0.867. The van der Waals surface area contributed by atoms with Crippen LogP contribution in [0.25, 0.3) is 0 Å². The summed E-state index contributed by atoms with van der Waals surface area (Å²) in [5.41, 5.74) is 0.771. The Morgan fingerprint density at radius 3 is 2.93 bits per heavy atom. The van der Waals surface area contributed by atoms with Gasteiger partial charge >= 0.3 is 6.03 Å². The Balaban J connectivity index is 1.35. The zero-order valence-electron chi connectivity index (χ0n) is 15.6. The van der Waals surface area contributed by atoms with Crippen molar-refractivity contribution < 1.29 is 9.18 Å². The lowest BCUT2D eigenvalue weighted by Crippen LogP contribution is -2.45. The van der Waals surface area contributed by atoms with Crippen LogP contribution in [-0.4, -0.2) is 33.6 Å². The molecule has 6 heteroatoms. The van der Waals surface area contributed by atoms with Gasteiger partial charge in [-0.05, 0) is 49.3 Å². The van der Waals surface area contributed by atoms with Gasteiger partial charge in [-0.25, -0.2) is 14.2 Å². The van der Waals surface area contributed by atoms with Gasteiger partial charge in [0.1, 0.15) is 11.6 Å². The van der Waals surface area contributed by atoms with E-state index in [2.05, 4.69) is 21.1 Å². The average Bonchev–Trinajstić information content (AvgIpc) is 3.11. The van der Waals surface area contributed by atoms with Crippen molar-refractivity contribution in [3.63, 3.8) is 0 Å². The number of rotatable bonds is 5. The monoisotopic (exact) mass is 370 g/mol. The number of nitrogens with zero attached hydrogens (tertiary/aromatic N) is 3. The Morgan fingerprint density at radius 2 is 2.15 bits per heavy atom. The second-order valence-electron chi connectivity index (χ2n) is 7.81. The topological polar surface area (TPSA) is 50.2 Å². The van der Waals surface area contributed by atoms with Crippen LogP contribution in [0, 0.1) is 11.7 Å². The van der Waals surface area contributed by atoms with Gasteiger partial charge in [0, 0.05) is 44.5 Å². The van der Waals surface area contributed by atoms with Gasteiger partial charge in [0.25, 0.3) is 0 Å². The van der Waals surface area contributed by atoms with Crippen molar-refractivity contribution in [2.75, 3.05) is 13.1 Å². The summed E-state index contributed by atoms with van der Waals surface area (Å²) in [5, 5.41) is 2.92. The van der Waals surface area contributed by atoms with Gasteiger partial charge in [0.05, 0.1) is 0 Å². The summed E-state index contributed by atoms with van der Waals surface area (Å²) in [5.74, 6) is 1.91. The molecule has 1 aliphatic heterocycles. The highest BCUT2D eigenvalue weighted by molar-refractivity contribution is 5.74. The summed E-state index contributed by atoms with van der Waals surface area (Å²) in [4.78, 5) is 19.1. The fourth-order valence-electron chi connectivity index (χ4n) is 4.10. The number of hydrogen-bond acceptors (Lipinski definition) is 2. The van der Waals surface area contributed by atoms with Crippen LogP contribution in [0.15, 0.2) is 36.7 Å². The van der Waals surface area contributed by atoms with Gasteiger partial charge in [-0.1, -0.05) is 18.6 Å². The Kier molecular flexibility index (Phi) is 5.41. The average molecular weight is 370 g/mol. The molecule has 2 aliphatic rings. The van der Waals surface area contributed by atoms with E-state index in [-0.39, 0.29) is 17.8 Å². The molecule has 0 radical (unpaired) electrons. The molecule has 1 N–H and O–H groups in total. The minimum absolute atomic E-state index is 0.0824. The minimum atomic E-state index is -0.280. The second-order valence-corrected chi connectivity index (χ2v) is 7.81. The molecular weight excluding hydrogens is 343 g/mol. The first-order valence-electron chi connectivity index (χ1n) is 9.97. The van der Waals surface area contributed by atoms with Crippen molar-refractivity contribution in [3.05, 3.63) is 53.9 Å². The number of hydrogen-bond donors (Lipinski definition) is 1. The molecule has 1 aromatic carbocycles. The third-order valence-electron chi connectivity index (χ3n) is 5.83. The fraction of sp³-hybridized carbons (Fsp3) is 0.524. The lowest BCUT2D eigenvalue weighted by molar-refractivity contribution is 0.176. The smallest absolute Gasteiger partial charge is 0.317 e. The predicted molar refractivity (Wildman–Crippen MR) is 102 cm³/mol. The standard InChI is InChI=1S/C21H27FN4O/c22-19-8-2-6-17(12-19)13-24-21(27)26-10-3-7-18(15-26)20-23-9-11-25(20)14-16-4-1-5-16/h2,6,8-9,11-12,16,18H,1,3-5,7,10,13-15H2,(H,24,27)/t18-/m0/s1. The highest BCUT2D eigenvalue weighted by Crippen LogP contribution is 2.31. The van der Waals surface area contributed by atoms with E-state index in [1.54, 1.807) is 6.07 Å². The molecule has 1 aromatic heterocycles. The van der Waals surface area contributed by atoms with Crippen LogP contribution < -0.4 is 5.32 Å². The first-order chi connectivity index (χ1) is 13.2. The van der Waals surface area contributed by atoms with E-state index in [0.717, 1.165) is 43.2 Å². The number of urea groups is 1. The number of amides is 2. The van der Waals surface area contributed by atoms with Crippen LogP contribution in [0.5, 0.6) is 0 Å². The number of piperidine rings is 1. The summed E-state index contributed by atoms with van der Waals surface area (Å²) in [6.07, 6.45) is 9.99. The lowest BCUT2D eigenvalue weighted by Gasteiger charge is -2.33. The maximum atomic E-state index is 13.3. The molecule has 0 unspecified atom stereocenters. The molecule has 27 heavy (non-hydrogen) atoms. The second kappa shape index (κ2) is 8.11. The largest absolute Gasteiger partial charge is 0.334 e. The normalized spacial score (nSPS) is 20.3. The summed E-state index contributed by atoms with van der Waals surface area (Å²) in [7, 11) is 0. The summed E-state index contributed by atoms with van der Waals surface area (Å²) in [6, 6.07) is 6.26. The zero-order valence-corrected chi connectivity index (χ0v) is 15.6. The molecule has 2 aromatic rings. The SMILES string of the molecule is O=C(NCc1cccc(F)c1)N1CCC[C@H](c2nccn2CC2CCC2)C1. The highest BCUT2D eigenvalue weighted by Gasteiger charge is 2.28. The van der Waals surface area contributed by atoms with Crippen LogP contribution in [0.1, 0.15) is 49.4 Å². The molecule has 0 bridgehead atoms. The minimum Gasteiger partial charge on any atom is -0.334 e. The van der Waals surface area contributed by atoms with Crippen LogP contribution in [0.4, 0.5) is 9.18 Å². The molecule has 1 aliphatic carbocycles. The van der Waals surface area contributed by atoms with E-state index < -0.39 is 0 Å². The zero-order chi connectivity index (χ0) is 18.6. The van der Waals surface area contributed by atoms with Gasteiger partial charge in [0.2, 0.25) is 0 Å². The molecule has 5 nitrogen and oxygen atoms in total. The van der Waals surface area contributed by atoms with Crippen molar-refractivity contribution in [2.24, 2.45) is 5.92 Å². The van der Waals surface area contributed by atoms with Crippen LogP contribution in [0.3, 0.4) is 0 Å². The Hall–Kier alpha value is -2.37. The molecule has 2 heterocycles. The van der Waals surface area contributed by atoms with Crippen molar-refractivity contribution >= 4 is 6.03 Å². The van der Waals surface area contributed by atoms with E-state index in [4.69, 9.17) is 0 Å². The summed E-state index contributed by atoms with van der Waals surface area (Å²) >= 11 is 0. The molecule has 0 spiro atoms. The first kappa shape index (κ1) is 18.0. The van der Waals surface area contributed by atoms with Crippen LogP contribution in [0.2, 0.25) is 0 Å². The predicted octanol–water partition coefficient (Wildman–Crippen LogP) is 3.91. The van der Waals surface area contributed by atoms with E-state index in [0.29, 0.717) is 13.1 Å². The molecule has 2 fully saturated rings. The third-order valence-corrected chi connectivity index (χ3v) is 5.83. The lowest BCUT2D eigenvalue weighted by atomic mass is 9.85. The Labute approximate surface area is 159 Å². The van der Waals surface area contributed by atoms with E-state index in [9.17, 15) is 9.18 Å². The van der Waals surface area contributed by atoms with Crippen LogP contribution >= 0.6 is 0 Å². The number of halogens is 1. The Bertz CT molecular complexity index is 786. The number of aromatic nitrogens is 2. The Morgan fingerprint density at radius 1 is 1.26 bits per heavy atom. The van der Waals surface area contributed by atoms with Crippen molar-refractivity contribution in [2.45, 2.75) is 51.1 Å². The molecule has 1 atom stereocenters. The maximum Gasteiger partial charge on any atom is 0.317 e. The fourth-order valence-corrected chi connectivity index (χ4v) is 4.10. The van der Waals surface area contributed by atoms with Gasteiger partial charge in [-0.3, -0.25) is 0 Å². The van der Waals surface area contributed by atoms with E-state index in [1.165, 1.54) is 31.4 Å². The molecule has 1 saturated carbocycles. The molecule has 144 valence electrons. The number of imidazole rings is 1. The van der Waals surface area contributed by atoms with Gasteiger partial charge in [0.15, 0.2) is 0 Å². The molecule has 4 rings (SSSR count). The number of carbonyl (C=O) groups excluding carboxylic acids is 1. The molecule has 2 amide bonds. The highest BCUT2D eigenvalue weighted by atomic mass is 19.1. The number of nitrogens with one attached hydrogen (secondary N) is 1. The van der Waals surface area contributed by atoms with Crippen molar-refractivity contribution in [1.29, 1.82) is 0 Å². The third kappa shape index (κ3) is 4.31. The van der Waals surface area contributed by atoms with Crippen molar-refractivity contribution in [3.8, 4) is 0 Å². The summed E-state index contributed by atoms with van der Waals surface area (Å²) in [6.45, 7) is 2.84. The van der Waals surface area contributed by atoms with Crippen LogP contribution in [-0.2, 0) is 13.1 Å². The van der Waals surface area contributed by atoms with Crippen molar-refractivity contribution in [1.82, 2.24) is 19.8 Å². The van der Waals surface area contributed by atoms with Gasteiger partial charge in [-0.15, -0.1) is 0 Å². The van der Waals surface area contributed by atoms with Gasteiger partial charge < -0.3 is 14.8 Å². The summed E-state index contributed by atoms with van der Waals surface area (Å²) < 4.78 is 15.6. The van der Waals surface area contributed by atoms with E-state index >= 15 is 0 Å². The number of carbonyl (C=O) groups is 1. The first-order valence-corrected chi connectivity index (χ1v) is 9.97. The molecule has 1 saturated heterocycles. The molecular formula is C21H27FN4O. The number of likely N-dealkylation sites (tertiary alicyclic amines) is 1.